The van der Waals surface area contributed by atoms with Crippen LogP contribution in [0.25, 0.3) is 0 Å². The summed E-state index contributed by atoms with van der Waals surface area (Å²) >= 11 is 0. The number of hydrogen-bond donors (Lipinski definition) is 1. The van der Waals surface area contributed by atoms with Crippen molar-refractivity contribution >= 4 is 23.2 Å². The molecule has 2 aromatic carbocycles. The van der Waals surface area contributed by atoms with Crippen molar-refractivity contribution in [3.05, 3.63) is 83.8 Å². The number of carbonyl (C=O) groups is 2. The molecule has 0 fully saturated rings. The van der Waals surface area contributed by atoms with Crippen LogP contribution in [-0.4, -0.2) is 26.0 Å². The Morgan fingerprint density at radius 2 is 1.70 bits per heavy atom. The molecule has 3 aromatic rings. The number of nitrogens with one attached hydrogen (secondary N) is 1. The molecule has 0 bridgehead atoms. The van der Waals surface area contributed by atoms with Gasteiger partial charge in [-0.25, -0.2) is 0 Å². The average Bonchev–Trinajstić information content (AvgIpc) is 3.17. The van der Waals surface area contributed by atoms with E-state index < -0.39 is 5.91 Å². The summed E-state index contributed by atoms with van der Waals surface area (Å²) in [6.07, 6.45) is 0. The molecule has 1 aromatic heterocycles. The van der Waals surface area contributed by atoms with Crippen molar-refractivity contribution in [2.75, 3.05) is 24.4 Å². The Morgan fingerprint density at radius 1 is 1.00 bits per heavy atom. The van der Waals surface area contributed by atoms with Gasteiger partial charge >= 0.3 is 0 Å². The Balaban J connectivity index is 1.81. The van der Waals surface area contributed by atoms with Crippen LogP contribution in [0.5, 0.6) is 0 Å². The van der Waals surface area contributed by atoms with E-state index in [1.165, 1.54) is 4.90 Å². The first-order valence-corrected chi connectivity index (χ1v) is 8.41. The molecule has 3 rings (SSSR count). The van der Waals surface area contributed by atoms with Crippen LogP contribution in [0.2, 0.25) is 0 Å². The number of hydrogen-bond acceptors (Lipinski definition) is 4. The number of nitrogens with zero attached hydrogens (tertiary/aromatic N) is 1. The lowest BCUT2D eigenvalue weighted by molar-refractivity contribution is 0.0987. The highest BCUT2D eigenvalue weighted by Crippen LogP contribution is 2.21. The molecule has 0 radical (unpaired) electrons. The normalized spacial score (nSPS) is 10.4. The minimum atomic E-state index is -0.431. The molecule has 2 amide bonds. The van der Waals surface area contributed by atoms with E-state index in [1.807, 2.05) is 30.3 Å². The van der Waals surface area contributed by atoms with Crippen molar-refractivity contribution < 1.29 is 18.7 Å². The standard InChI is InChI=1S/C21H20N2O4/c1-23(15-8-4-3-5-9-15)21(25)17-10-6-7-11-18(17)22-20(24)19-13-12-16(27-19)14-26-2/h3-13H,14H2,1-2H3,(H,22,24). The SMILES string of the molecule is COCc1ccc(C(=O)Nc2ccccc2C(=O)N(C)c2ccccc2)o1. The summed E-state index contributed by atoms with van der Waals surface area (Å²) < 4.78 is 10.4. The smallest absolute Gasteiger partial charge is 0.291 e. The van der Waals surface area contributed by atoms with Gasteiger partial charge in [0.15, 0.2) is 5.76 Å². The molecule has 6 heteroatoms. The zero-order valence-electron chi connectivity index (χ0n) is 15.1. The van der Waals surface area contributed by atoms with Crippen molar-refractivity contribution in [3.63, 3.8) is 0 Å². The van der Waals surface area contributed by atoms with Crippen LogP contribution in [0.1, 0.15) is 26.7 Å². The van der Waals surface area contributed by atoms with Gasteiger partial charge in [-0.1, -0.05) is 30.3 Å². The molecule has 0 aliphatic carbocycles. The van der Waals surface area contributed by atoms with E-state index in [4.69, 9.17) is 9.15 Å². The summed E-state index contributed by atoms with van der Waals surface area (Å²) in [7, 11) is 3.24. The molecular weight excluding hydrogens is 344 g/mol. The topological polar surface area (TPSA) is 71.8 Å². The molecule has 138 valence electrons. The third-order valence-electron chi connectivity index (χ3n) is 4.03. The number of rotatable bonds is 6. The van der Waals surface area contributed by atoms with Gasteiger partial charge < -0.3 is 19.4 Å². The summed E-state index contributed by atoms with van der Waals surface area (Å²) in [6.45, 7) is 0.282. The van der Waals surface area contributed by atoms with Gasteiger partial charge in [0.05, 0.1) is 11.3 Å². The fourth-order valence-corrected chi connectivity index (χ4v) is 2.63. The van der Waals surface area contributed by atoms with E-state index in [0.717, 1.165) is 5.69 Å². The Labute approximate surface area is 157 Å². The van der Waals surface area contributed by atoms with Crippen LogP contribution < -0.4 is 10.2 Å². The van der Waals surface area contributed by atoms with E-state index in [1.54, 1.807) is 50.6 Å². The number of benzene rings is 2. The molecule has 0 aliphatic heterocycles. The number of methoxy groups -OCH3 is 1. The average molecular weight is 364 g/mol. The van der Waals surface area contributed by atoms with Crippen LogP contribution in [0, 0.1) is 0 Å². The van der Waals surface area contributed by atoms with Crippen LogP contribution >= 0.6 is 0 Å². The minimum Gasteiger partial charge on any atom is -0.453 e. The second-order valence-corrected chi connectivity index (χ2v) is 5.90. The first-order chi connectivity index (χ1) is 13.1. The minimum absolute atomic E-state index is 0.153. The highest BCUT2D eigenvalue weighted by Gasteiger charge is 2.19. The first-order valence-electron chi connectivity index (χ1n) is 8.41. The fraction of sp³-hybridized carbons (Fsp3) is 0.143. The lowest BCUT2D eigenvalue weighted by Crippen LogP contribution is -2.27. The zero-order chi connectivity index (χ0) is 19.2. The molecule has 0 saturated carbocycles. The van der Waals surface area contributed by atoms with Crippen LogP contribution in [0.15, 0.2) is 71.1 Å². The first kappa shape index (κ1) is 18.4. The maximum Gasteiger partial charge on any atom is 0.291 e. The number of anilines is 2. The lowest BCUT2D eigenvalue weighted by atomic mass is 10.1. The van der Waals surface area contributed by atoms with E-state index >= 15 is 0 Å². The van der Waals surface area contributed by atoms with Gasteiger partial charge in [-0.2, -0.15) is 0 Å². The molecule has 0 spiro atoms. The van der Waals surface area contributed by atoms with E-state index in [0.29, 0.717) is 17.0 Å². The molecule has 0 aliphatic rings. The van der Waals surface area contributed by atoms with E-state index in [-0.39, 0.29) is 18.3 Å². The number of para-hydroxylation sites is 2. The molecule has 1 N–H and O–H groups in total. The third-order valence-corrected chi connectivity index (χ3v) is 4.03. The highest BCUT2D eigenvalue weighted by molar-refractivity contribution is 6.12. The molecule has 0 saturated heterocycles. The lowest BCUT2D eigenvalue weighted by Gasteiger charge is -2.19. The molecular formula is C21H20N2O4. The molecule has 0 unspecified atom stereocenters. The summed E-state index contributed by atoms with van der Waals surface area (Å²) in [5.74, 6) is 0.0492. The number of ether oxygens (including phenoxy) is 1. The van der Waals surface area contributed by atoms with Gasteiger partial charge in [0, 0.05) is 19.8 Å². The van der Waals surface area contributed by atoms with Crippen LogP contribution in [0.3, 0.4) is 0 Å². The third kappa shape index (κ3) is 4.24. The van der Waals surface area contributed by atoms with Gasteiger partial charge in [-0.15, -0.1) is 0 Å². The molecule has 27 heavy (non-hydrogen) atoms. The molecule has 0 atom stereocenters. The van der Waals surface area contributed by atoms with Gasteiger partial charge in [0.2, 0.25) is 0 Å². The quantitative estimate of drug-likeness (QED) is 0.719. The predicted molar refractivity (Wildman–Crippen MR) is 103 cm³/mol. The van der Waals surface area contributed by atoms with Crippen molar-refractivity contribution in [2.45, 2.75) is 6.61 Å². The summed E-state index contributed by atoms with van der Waals surface area (Å²) in [6, 6.07) is 19.4. The zero-order valence-corrected chi connectivity index (χ0v) is 15.1. The predicted octanol–water partition coefficient (Wildman–Crippen LogP) is 3.95. The number of amides is 2. The fourth-order valence-electron chi connectivity index (χ4n) is 2.63. The Hall–Kier alpha value is -3.38. The van der Waals surface area contributed by atoms with Gasteiger partial charge in [-0.05, 0) is 36.4 Å². The summed E-state index contributed by atoms with van der Waals surface area (Å²) in [5.41, 5.74) is 1.57. The van der Waals surface area contributed by atoms with Gasteiger partial charge in [0.1, 0.15) is 12.4 Å². The maximum atomic E-state index is 12.9. The van der Waals surface area contributed by atoms with Crippen LogP contribution in [0.4, 0.5) is 11.4 Å². The maximum absolute atomic E-state index is 12.9. The van der Waals surface area contributed by atoms with Crippen molar-refractivity contribution in [3.8, 4) is 0 Å². The van der Waals surface area contributed by atoms with Crippen molar-refractivity contribution in [1.29, 1.82) is 0 Å². The summed E-state index contributed by atoms with van der Waals surface area (Å²) in [4.78, 5) is 26.9. The van der Waals surface area contributed by atoms with E-state index in [9.17, 15) is 9.59 Å². The Morgan fingerprint density at radius 3 is 2.44 bits per heavy atom. The molecule has 6 nitrogen and oxygen atoms in total. The largest absolute Gasteiger partial charge is 0.453 e. The molecule has 1 heterocycles. The van der Waals surface area contributed by atoms with E-state index in [2.05, 4.69) is 5.32 Å². The second-order valence-electron chi connectivity index (χ2n) is 5.90. The second kappa shape index (κ2) is 8.33. The van der Waals surface area contributed by atoms with Crippen LogP contribution in [-0.2, 0) is 11.3 Å². The van der Waals surface area contributed by atoms with Crippen molar-refractivity contribution in [2.24, 2.45) is 0 Å². The highest BCUT2D eigenvalue weighted by atomic mass is 16.5. The number of carbonyl (C=O) groups excluding carboxylic acids is 2. The number of furan rings is 1. The Kier molecular flexibility index (Phi) is 5.68. The van der Waals surface area contributed by atoms with Gasteiger partial charge in [0.25, 0.3) is 11.8 Å². The Bertz CT molecular complexity index is 934. The summed E-state index contributed by atoms with van der Waals surface area (Å²) in [5, 5.41) is 2.75. The van der Waals surface area contributed by atoms with Crippen molar-refractivity contribution in [1.82, 2.24) is 0 Å². The van der Waals surface area contributed by atoms with Gasteiger partial charge in [-0.3, -0.25) is 9.59 Å². The monoisotopic (exact) mass is 364 g/mol.